The summed E-state index contributed by atoms with van der Waals surface area (Å²) in [6.07, 6.45) is 0.108. The minimum atomic E-state index is -1.16. The van der Waals surface area contributed by atoms with Crippen molar-refractivity contribution in [3.05, 3.63) is 89.5 Å². The van der Waals surface area contributed by atoms with Crippen molar-refractivity contribution in [2.24, 2.45) is 0 Å². The Hall–Kier alpha value is -4.13. The van der Waals surface area contributed by atoms with Crippen LogP contribution in [0.2, 0.25) is 0 Å². The van der Waals surface area contributed by atoms with Crippen LogP contribution in [0.1, 0.15) is 26.3 Å². The average Bonchev–Trinajstić information content (AvgIpc) is 2.79. The van der Waals surface area contributed by atoms with Crippen LogP contribution in [0.5, 0.6) is 5.75 Å². The number of nitrogens with one attached hydrogen (secondary N) is 1. The number of carbonyl (C=O) groups excluding carboxylic acids is 1. The van der Waals surface area contributed by atoms with Crippen LogP contribution < -0.4 is 10.1 Å². The third-order valence-corrected chi connectivity index (χ3v) is 4.81. The Kier molecular flexibility index (Phi) is 6.67. The van der Waals surface area contributed by atoms with Gasteiger partial charge >= 0.3 is 11.9 Å². The molecule has 0 aliphatic carbocycles. The van der Waals surface area contributed by atoms with Gasteiger partial charge in [0, 0.05) is 12.0 Å². The van der Waals surface area contributed by atoms with E-state index in [0.29, 0.717) is 0 Å². The van der Waals surface area contributed by atoms with E-state index < -0.39 is 23.9 Å². The summed E-state index contributed by atoms with van der Waals surface area (Å²) in [5.41, 5.74) is 2.96. The SMILES string of the molecule is COc1ccc(-c2ccc(C[C@H](NC(=O)c3ccc(C(=O)O)cc3)C(=O)O)cc2)cc1. The second-order valence-electron chi connectivity index (χ2n) is 6.88. The maximum absolute atomic E-state index is 12.4. The molecule has 1 amide bonds. The fourth-order valence-corrected chi connectivity index (χ4v) is 3.06. The summed E-state index contributed by atoms with van der Waals surface area (Å²) in [7, 11) is 1.60. The Balaban J connectivity index is 1.68. The standard InChI is InChI=1S/C24H21NO6/c1-31-20-12-10-17(11-13-20)16-4-2-15(3-5-16)14-21(24(29)30)25-22(26)18-6-8-19(9-7-18)23(27)28/h2-13,21H,14H2,1H3,(H,25,26)(H,27,28)(H,29,30)/t21-/m0/s1. The quantitative estimate of drug-likeness (QED) is 0.515. The number of carboxylic acid groups (broad SMARTS) is 2. The Labute approximate surface area is 178 Å². The molecule has 0 heterocycles. The van der Waals surface area contributed by atoms with Crippen LogP contribution >= 0.6 is 0 Å². The predicted molar refractivity (Wildman–Crippen MR) is 114 cm³/mol. The van der Waals surface area contributed by atoms with Crippen molar-refractivity contribution in [1.82, 2.24) is 5.32 Å². The molecule has 7 heteroatoms. The van der Waals surface area contributed by atoms with Crippen LogP contribution in [0.15, 0.2) is 72.8 Å². The summed E-state index contributed by atoms with van der Waals surface area (Å²) in [6, 6.07) is 19.2. The first-order valence-corrected chi connectivity index (χ1v) is 9.48. The Morgan fingerprint density at radius 3 is 1.81 bits per heavy atom. The molecular formula is C24H21NO6. The number of carboxylic acids is 2. The molecule has 0 aromatic heterocycles. The number of ether oxygens (including phenoxy) is 1. The smallest absolute Gasteiger partial charge is 0.335 e. The van der Waals surface area contributed by atoms with E-state index >= 15 is 0 Å². The van der Waals surface area contributed by atoms with Crippen LogP contribution in [0.4, 0.5) is 0 Å². The summed E-state index contributed by atoms with van der Waals surface area (Å²) >= 11 is 0. The van der Waals surface area contributed by atoms with Crippen molar-refractivity contribution in [2.75, 3.05) is 7.11 Å². The Morgan fingerprint density at radius 2 is 1.32 bits per heavy atom. The molecule has 0 spiro atoms. The van der Waals surface area contributed by atoms with Gasteiger partial charge in [0.15, 0.2) is 0 Å². The second-order valence-corrected chi connectivity index (χ2v) is 6.88. The summed E-state index contributed by atoms with van der Waals surface area (Å²) in [5.74, 6) is -2.08. The highest BCUT2D eigenvalue weighted by Crippen LogP contribution is 2.23. The first-order valence-electron chi connectivity index (χ1n) is 9.48. The summed E-state index contributed by atoms with van der Waals surface area (Å²) in [5, 5.41) is 20.9. The zero-order chi connectivity index (χ0) is 22.4. The Morgan fingerprint density at radius 1 is 0.806 bits per heavy atom. The van der Waals surface area contributed by atoms with Gasteiger partial charge in [-0.3, -0.25) is 4.79 Å². The lowest BCUT2D eigenvalue weighted by Gasteiger charge is -2.15. The first-order chi connectivity index (χ1) is 14.9. The molecule has 0 aliphatic heterocycles. The first kappa shape index (κ1) is 21.6. The van der Waals surface area contributed by atoms with Gasteiger partial charge in [-0.05, 0) is 53.1 Å². The molecule has 3 rings (SSSR count). The molecule has 0 fully saturated rings. The monoisotopic (exact) mass is 419 g/mol. The molecule has 3 N–H and O–H groups in total. The van der Waals surface area contributed by atoms with Crippen LogP contribution in [-0.2, 0) is 11.2 Å². The van der Waals surface area contributed by atoms with E-state index in [-0.39, 0.29) is 17.5 Å². The molecule has 0 saturated heterocycles. The van der Waals surface area contributed by atoms with Crippen molar-refractivity contribution < 1.29 is 29.3 Å². The minimum absolute atomic E-state index is 0.0447. The van der Waals surface area contributed by atoms with Crippen molar-refractivity contribution in [3.63, 3.8) is 0 Å². The molecule has 158 valence electrons. The zero-order valence-electron chi connectivity index (χ0n) is 16.7. The molecule has 3 aromatic carbocycles. The highest BCUT2D eigenvalue weighted by molar-refractivity contribution is 5.97. The molecule has 0 saturated carbocycles. The molecule has 0 radical (unpaired) electrons. The number of carbonyl (C=O) groups is 3. The fourth-order valence-electron chi connectivity index (χ4n) is 3.06. The topological polar surface area (TPSA) is 113 Å². The Bertz CT molecular complexity index is 1070. The van der Waals surface area contributed by atoms with Crippen molar-refractivity contribution >= 4 is 17.8 Å². The van der Waals surface area contributed by atoms with Crippen molar-refractivity contribution in [2.45, 2.75) is 12.5 Å². The molecule has 1 atom stereocenters. The summed E-state index contributed by atoms with van der Waals surface area (Å²) in [4.78, 5) is 35.0. The van der Waals surface area contributed by atoms with Crippen molar-refractivity contribution in [3.8, 4) is 16.9 Å². The van der Waals surface area contributed by atoms with Gasteiger partial charge in [0.2, 0.25) is 0 Å². The molecular weight excluding hydrogens is 398 g/mol. The molecule has 3 aromatic rings. The van der Waals surface area contributed by atoms with E-state index in [4.69, 9.17) is 9.84 Å². The van der Waals surface area contributed by atoms with Gasteiger partial charge in [-0.2, -0.15) is 0 Å². The average molecular weight is 419 g/mol. The maximum Gasteiger partial charge on any atom is 0.335 e. The van der Waals surface area contributed by atoms with Crippen LogP contribution in [0.25, 0.3) is 11.1 Å². The number of methoxy groups -OCH3 is 1. The third kappa shape index (κ3) is 5.48. The zero-order valence-corrected chi connectivity index (χ0v) is 16.7. The van der Waals surface area contributed by atoms with E-state index in [9.17, 15) is 19.5 Å². The lowest BCUT2D eigenvalue weighted by atomic mass is 10.0. The molecule has 0 aliphatic rings. The van der Waals surface area contributed by atoms with Crippen molar-refractivity contribution in [1.29, 1.82) is 0 Å². The summed E-state index contributed by atoms with van der Waals surface area (Å²) in [6.45, 7) is 0. The van der Waals surface area contributed by atoms with E-state index in [1.165, 1.54) is 24.3 Å². The van der Waals surface area contributed by atoms with E-state index in [0.717, 1.165) is 22.4 Å². The van der Waals surface area contributed by atoms with Gasteiger partial charge < -0.3 is 20.3 Å². The van der Waals surface area contributed by atoms with Crippen LogP contribution in [0, 0.1) is 0 Å². The molecule has 0 unspecified atom stereocenters. The van der Waals surface area contributed by atoms with Gasteiger partial charge in [0.1, 0.15) is 11.8 Å². The highest BCUT2D eigenvalue weighted by Gasteiger charge is 2.21. The van der Waals surface area contributed by atoms with Gasteiger partial charge in [-0.15, -0.1) is 0 Å². The van der Waals surface area contributed by atoms with E-state index in [1.807, 2.05) is 48.5 Å². The lowest BCUT2D eigenvalue weighted by Crippen LogP contribution is -2.42. The normalized spacial score (nSPS) is 11.4. The number of benzene rings is 3. The number of aromatic carboxylic acids is 1. The molecule has 31 heavy (non-hydrogen) atoms. The third-order valence-electron chi connectivity index (χ3n) is 4.81. The van der Waals surface area contributed by atoms with Gasteiger partial charge in [0.25, 0.3) is 5.91 Å². The second kappa shape index (κ2) is 9.58. The van der Waals surface area contributed by atoms with Gasteiger partial charge in [-0.25, -0.2) is 9.59 Å². The number of hydrogen-bond donors (Lipinski definition) is 3. The van der Waals surface area contributed by atoms with E-state index in [2.05, 4.69) is 5.32 Å². The molecule has 7 nitrogen and oxygen atoms in total. The van der Waals surface area contributed by atoms with Gasteiger partial charge in [-0.1, -0.05) is 36.4 Å². The number of aliphatic carboxylic acids is 1. The predicted octanol–water partition coefficient (Wildman–Crippen LogP) is 3.49. The number of amides is 1. The van der Waals surface area contributed by atoms with Crippen LogP contribution in [0.3, 0.4) is 0 Å². The largest absolute Gasteiger partial charge is 0.497 e. The molecule has 0 bridgehead atoms. The minimum Gasteiger partial charge on any atom is -0.497 e. The van der Waals surface area contributed by atoms with Crippen LogP contribution in [-0.4, -0.2) is 41.2 Å². The lowest BCUT2D eigenvalue weighted by molar-refractivity contribution is -0.139. The maximum atomic E-state index is 12.4. The number of hydrogen-bond acceptors (Lipinski definition) is 4. The van der Waals surface area contributed by atoms with E-state index in [1.54, 1.807) is 7.11 Å². The van der Waals surface area contributed by atoms with Gasteiger partial charge in [0.05, 0.1) is 12.7 Å². The summed E-state index contributed by atoms with van der Waals surface area (Å²) < 4.78 is 5.15. The number of rotatable bonds is 8. The highest BCUT2D eigenvalue weighted by atomic mass is 16.5. The fraction of sp³-hybridized carbons (Fsp3) is 0.125.